The monoisotopic (exact) mass is 509 g/mol. The minimum Gasteiger partial charge on any atom is -0.394 e. The average Bonchev–Trinajstić information content (AvgIpc) is 3.39. The number of carbonyl (C=O) groups is 1. The van der Waals surface area contributed by atoms with Crippen LogP contribution in [0.25, 0.3) is 11.3 Å². The van der Waals surface area contributed by atoms with Crippen molar-refractivity contribution in [1.29, 1.82) is 0 Å². The Labute approximate surface area is 212 Å². The Morgan fingerprint density at radius 3 is 2.53 bits per heavy atom. The topological polar surface area (TPSA) is 123 Å². The van der Waals surface area contributed by atoms with Gasteiger partial charge in [-0.1, -0.05) is 48.0 Å². The van der Waals surface area contributed by atoms with Crippen LogP contribution in [0.1, 0.15) is 39.3 Å². The predicted octanol–water partition coefficient (Wildman–Crippen LogP) is 4.18. The van der Waals surface area contributed by atoms with Gasteiger partial charge < -0.3 is 25.8 Å². The first-order valence-electron chi connectivity index (χ1n) is 11.2. The fraction of sp³-hybridized carbons (Fsp3) is 0.192. The summed E-state index contributed by atoms with van der Waals surface area (Å²) < 4.78 is 13.5. The maximum atomic E-state index is 13.5. The lowest BCUT2D eigenvalue weighted by Gasteiger charge is -2.18. The van der Waals surface area contributed by atoms with Crippen molar-refractivity contribution in [3.63, 3.8) is 0 Å². The highest BCUT2D eigenvalue weighted by Crippen LogP contribution is 2.26. The number of nitrogens with one attached hydrogen (secondary N) is 3. The summed E-state index contributed by atoms with van der Waals surface area (Å²) in [5.41, 5.74) is 3.69. The van der Waals surface area contributed by atoms with Crippen molar-refractivity contribution in [2.75, 3.05) is 18.5 Å². The molecule has 0 bridgehead atoms. The number of aliphatic hydroxyl groups is 2. The van der Waals surface area contributed by atoms with Crippen molar-refractivity contribution in [2.24, 2.45) is 0 Å². The fourth-order valence-corrected chi connectivity index (χ4v) is 3.93. The van der Waals surface area contributed by atoms with Gasteiger partial charge in [-0.25, -0.2) is 14.4 Å². The standard InChI is InChI=1S/C26H25ClFN5O3/c1-15-11-30-26(32-23(14-35)17-7-8-20(28)19(27)9-17)33-24(15)18-10-21(29-12-18)25(36)31-22(13-34)16-5-3-2-4-6-16/h2-12,22-23,29,34-35H,13-14H2,1H3,(H,31,36)(H,30,32,33). The summed E-state index contributed by atoms with van der Waals surface area (Å²) in [5, 5.41) is 25.4. The smallest absolute Gasteiger partial charge is 0.268 e. The first kappa shape index (κ1) is 25.3. The Morgan fingerprint density at radius 2 is 1.83 bits per heavy atom. The molecule has 1 amide bonds. The summed E-state index contributed by atoms with van der Waals surface area (Å²) >= 11 is 5.88. The molecule has 0 aliphatic heterocycles. The third kappa shape index (κ3) is 5.71. The molecule has 2 unspecified atom stereocenters. The van der Waals surface area contributed by atoms with Crippen molar-refractivity contribution < 1.29 is 19.4 Å². The van der Waals surface area contributed by atoms with E-state index in [4.69, 9.17) is 11.6 Å². The number of hydrogen-bond acceptors (Lipinski definition) is 6. The second-order valence-electron chi connectivity index (χ2n) is 8.20. The number of aromatic nitrogens is 3. The number of aromatic amines is 1. The summed E-state index contributed by atoms with van der Waals surface area (Å²) in [7, 11) is 0. The van der Waals surface area contributed by atoms with Crippen LogP contribution >= 0.6 is 11.6 Å². The van der Waals surface area contributed by atoms with Gasteiger partial charge in [-0.2, -0.15) is 0 Å². The molecule has 2 heterocycles. The Hall–Kier alpha value is -3.79. The zero-order valence-corrected chi connectivity index (χ0v) is 20.1. The number of benzene rings is 2. The van der Waals surface area contributed by atoms with Crippen molar-refractivity contribution >= 4 is 23.5 Å². The van der Waals surface area contributed by atoms with E-state index in [2.05, 4.69) is 25.6 Å². The van der Waals surface area contributed by atoms with Crippen LogP contribution in [0.4, 0.5) is 10.3 Å². The first-order chi connectivity index (χ1) is 17.4. The maximum absolute atomic E-state index is 13.5. The number of hydrogen-bond donors (Lipinski definition) is 5. The largest absolute Gasteiger partial charge is 0.394 e. The lowest BCUT2D eigenvalue weighted by molar-refractivity contribution is 0.0911. The molecule has 2 atom stereocenters. The van der Waals surface area contributed by atoms with Gasteiger partial charge in [0.05, 0.1) is 36.0 Å². The summed E-state index contributed by atoms with van der Waals surface area (Å²) in [6.07, 6.45) is 3.29. The average molecular weight is 510 g/mol. The van der Waals surface area contributed by atoms with Crippen LogP contribution in [0.2, 0.25) is 5.02 Å². The SMILES string of the molecule is Cc1cnc(NC(CO)c2ccc(F)c(Cl)c2)nc1-c1c[nH]c(C(=O)NC(CO)c2ccccc2)c1. The fourth-order valence-electron chi connectivity index (χ4n) is 3.74. The molecule has 0 aliphatic rings. The van der Waals surface area contributed by atoms with Gasteiger partial charge in [-0.3, -0.25) is 4.79 Å². The number of amides is 1. The molecule has 4 rings (SSSR count). The summed E-state index contributed by atoms with van der Waals surface area (Å²) in [6.45, 7) is 1.30. The number of nitrogens with zero attached hydrogens (tertiary/aromatic N) is 2. The Kier molecular flexibility index (Phi) is 7.94. The van der Waals surface area contributed by atoms with Crippen molar-refractivity contribution in [3.8, 4) is 11.3 Å². The second-order valence-corrected chi connectivity index (χ2v) is 8.61. The molecule has 0 aliphatic carbocycles. The molecule has 0 spiro atoms. The molecule has 0 radical (unpaired) electrons. The van der Waals surface area contributed by atoms with Crippen LogP contribution in [0.15, 0.2) is 67.0 Å². The van der Waals surface area contributed by atoms with E-state index in [0.29, 0.717) is 22.5 Å². The number of rotatable bonds is 9. The van der Waals surface area contributed by atoms with Crippen LogP contribution in [-0.2, 0) is 0 Å². The summed E-state index contributed by atoms with van der Waals surface area (Å²) in [4.78, 5) is 24.6. The number of H-pyrrole nitrogens is 1. The zero-order valence-electron chi connectivity index (χ0n) is 19.4. The normalized spacial score (nSPS) is 12.7. The molecule has 2 aromatic heterocycles. The molecule has 0 saturated heterocycles. The molecule has 0 saturated carbocycles. The molecule has 4 aromatic rings. The Bertz CT molecular complexity index is 1350. The molecular weight excluding hydrogens is 485 g/mol. The number of anilines is 1. The zero-order chi connectivity index (χ0) is 25.7. The van der Waals surface area contributed by atoms with Gasteiger partial charge in [0, 0.05) is 18.0 Å². The molecule has 0 fully saturated rings. The highest BCUT2D eigenvalue weighted by molar-refractivity contribution is 6.30. The van der Waals surface area contributed by atoms with Gasteiger partial charge in [0.2, 0.25) is 5.95 Å². The van der Waals surface area contributed by atoms with E-state index in [1.54, 1.807) is 18.5 Å². The summed E-state index contributed by atoms with van der Waals surface area (Å²) in [5.74, 6) is -0.679. The molecule has 186 valence electrons. The lowest BCUT2D eigenvalue weighted by Crippen LogP contribution is -2.30. The quantitative estimate of drug-likeness (QED) is 0.231. The van der Waals surface area contributed by atoms with E-state index in [0.717, 1.165) is 11.1 Å². The molecule has 36 heavy (non-hydrogen) atoms. The number of carbonyl (C=O) groups excluding carboxylic acids is 1. The predicted molar refractivity (Wildman–Crippen MR) is 135 cm³/mol. The van der Waals surface area contributed by atoms with E-state index in [9.17, 15) is 19.4 Å². The molecular formula is C26H25ClFN5O3. The lowest BCUT2D eigenvalue weighted by atomic mass is 10.1. The van der Waals surface area contributed by atoms with E-state index in [1.807, 2.05) is 37.3 Å². The minimum atomic E-state index is -0.611. The van der Waals surface area contributed by atoms with Gasteiger partial charge in [-0.15, -0.1) is 0 Å². The van der Waals surface area contributed by atoms with Crippen molar-refractivity contribution in [2.45, 2.75) is 19.0 Å². The van der Waals surface area contributed by atoms with Crippen LogP contribution in [0.3, 0.4) is 0 Å². The molecule has 10 heteroatoms. The van der Waals surface area contributed by atoms with E-state index in [1.165, 1.54) is 18.2 Å². The van der Waals surface area contributed by atoms with Gasteiger partial charge in [0.1, 0.15) is 11.5 Å². The van der Waals surface area contributed by atoms with Crippen LogP contribution in [0.5, 0.6) is 0 Å². The molecule has 2 aromatic carbocycles. The van der Waals surface area contributed by atoms with Gasteiger partial charge in [-0.05, 0) is 41.8 Å². The second kappa shape index (κ2) is 11.3. The van der Waals surface area contributed by atoms with E-state index in [-0.39, 0.29) is 30.1 Å². The molecule has 8 nitrogen and oxygen atoms in total. The maximum Gasteiger partial charge on any atom is 0.268 e. The van der Waals surface area contributed by atoms with Crippen molar-refractivity contribution in [3.05, 3.63) is 100 Å². The highest BCUT2D eigenvalue weighted by Gasteiger charge is 2.19. The van der Waals surface area contributed by atoms with Gasteiger partial charge in [0.15, 0.2) is 0 Å². The number of aliphatic hydroxyl groups excluding tert-OH is 2. The first-order valence-corrected chi connectivity index (χ1v) is 11.6. The van der Waals surface area contributed by atoms with Crippen LogP contribution < -0.4 is 10.6 Å². The Morgan fingerprint density at radius 1 is 1.08 bits per heavy atom. The number of aryl methyl sites for hydroxylation is 1. The third-order valence-electron chi connectivity index (χ3n) is 5.69. The van der Waals surface area contributed by atoms with Crippen molar-refractivity contribution in [1.82, 2.24) is 20.3 Å². The molecule has 5 N–H and O–H groups in total. The minimum absolute atomic E-state index is 0.0490. The van der Waals surface area contributed by atoms with E-state index >= 15 is 0 Å². The number of halogens is 2. The highest BCUT2D eigenvalue weighted by atomic mass is 35.5. The van der Waals surface area contributed by atoms with Crippen LogP contribution in [-0.4, -0.2) is 44.3 Å². The van der Waals surface area contributed by atoms with E-state index < -0.39 is 17.9 Å². The third-order valence-corrected chi connectivity index (χ3v) is 5.98. The Balaban J connectivity index is 1.52. The van der Waals surface area contributed by atoms with Gasteiger partial charge >= 0.3 is 0 Å². The van der Waals surface area contributed by atoms with Gasteiger partial charge in [0.25, 0.3) is 5.91 Å². The summed E-state index contributed by atoms with van der Waals surface area (Å²) in [6, 6.07) is 13.9. The van der Waals surface area contributed by atoms with Crippen LogP contribution in [0, 0.1) is 12.7 Å².